The minimum atomic E-state index is -0.000434. The molecule has 0 radical (unpaired) electrons. The van der Waals surface area contributed by atoms with E-state index in [1.54, 1.807) is 0 Å². The number of hydrogen-bond acceptors (Lipinski definition) is 2. The number of aromatic nitrogens is 1. The largest absolute Gasteiger partial charge is 0.361 e. The molecule has 28 heavy (non-hydrogen) atoms. The standard InChI is InChI=1S/C23H28N4O/c1-17-7-8-20(15-18(17)2)25-23(28)27-13-11-26(12-14-27)10-9-19-16-24-22-6-4-3-5-21(19)22/h3-8,15-16,24H,9-14H2,1-2H3,(H,25,28). The fraction of sp³-hybridized carbons (Fsp3) is 0.348. The first-order valence-corrected chi connectivity index (χ1v) is 10.0. The van der Waals surface area contributed by atoms with Crippen LogP contribution in [-0.4, -0.2) is 53.5 Å². The van der Waals surface area contributed by atoms with Gasteiger partial charge >= 0.3 is 6.03 Å². The Bertz CT molecular complexity index is 970. The van der Waals surface area contributed by atoms with Gasteiger partial charge in [-0.15, -0.1) is 0 Å². The van der Waals surface area contributed by atoms with Crippen molar-refractivity contribution in [3.05, 3.63) is 65.4 Å². The first kappa shape index (κ1) is 18.6. The molecule has 0 saturated carbocycles. The van der Waals surface area contributed by atoms with Gasteiger partial charge in [0.1, 0.15) is 0 Å². The lowest BCUT2D eigenvalue weighted by Gasteiger charge is -2.34. The first-order valence-electron chi connectivity index (χ1n) is 10.0. The average Bonchev–Trinajstić information content (AvgIpc) is 3.13. The summed E-state index contributed by atoms with van der Waals surface area (Å²) in [5, 5.41) is 4.35. The van der Waals surface area contributed by atoms with E-state index in [2.05, 4.69) is 59.5 Å². The summed E-state index contributed by atoms with van der Waals surface area (Å²) < 4.78 is 0. The van der Waals surface area contributed by atoms with E-state index < -0.39 is 0 Å². The molecule has 0 spiro atoms. The quantitative estimate of drug-likeness (QED) is 0.718. The van der Waals surface area contributed by atoms with Crippen LogP contribution in [-0.2, 0) is 6.42 Å². The van der Waals surface area contributed by atoms with E-state index in [1.165, 1.54) is 27.6 Å². The number of nitrogens with zero attached hydrogens (tertiary/aromatic N) is 2. The number of rotatable bonds is 4. The molecule has 1 aliphatic rings. The van der Waals surface area contributed by atoms with Crippen molar-refractivity contribution in [1.29, 1.82) is 0 Å². The van der Waals surface area contributed by atoms with Gasteiger partial charge in [-0.2, -0.15) is 0 Å². The maximum Gasteiger partial charge on any atom is 0.321 e. The van der Waals surface area contributed by atoms with E-state index >= 15 is 0 Å². The second kappa shape index (κ2) is 8.07. The maximum absolute atomic E-state index is 12.6. The molecule has 0 bridgehead atoms. The molecule has 5 nitrogen and oxygen atoms in total. The van der Waals surface area contributed by atoms with Crippen molar-refractivity contribution in [2.75, 3.05) is 38.0 Å². The highest BCUT2D eigenvalue weighted by molar-refractivity contribution is 5.89. The smallest absolute Gasteiger partial charge is 0.321 e. The number of benzene rings is 2. The van der Waals surface area contributed by atoms with Crippen LogP contribution in [0, 0.1) is 13.8 Å². The van der Waals surface area contributed by atoms with Crippen molar-refractivity contribution >= 4 is 22.6 Å². The second-order valence-electron chi connectivity index (χ2n) is 7.67. The van der Waals surface area contributed by atoms with Gasteiger partial charge in [0, 0.05) is 55.5 Å². The Kier molecular flexibility index (Phi) is 5.35. The zero-order valence-corrected chi connectivity index (χ0v) is 16.7. The SMILES string of the molecule is Cc1ccc(NC(=O)N2CCN(CCc3c[nH]c4ccccc34)CC2)cc1C. The Morgan fingerprint density at radius 1 is 1.04 bits per heavy atom. The Labute approximate surface area is 166 Å². The number of urea groups is 1. The zero-order valence-electron chi connectivity index (χ0n) is 16.7. The van der Waals surface area contributed by atoms with E-state index in [4.69, 9.17) is 0 Å². The second-order valence-corrected chi connectivity index (χ2v) is 7.67. The van der Waals surface area contributed by atoms with Crippen LogP contribution >= 0.6 is 0 Å². The molecule has 0 atom stereocenters. The van der Waals surface area contributed by atoms with Crippen LogP contribution in [0.2, 0.25) is 0 Å². The molecule has 146 valence electrons. The van der Waals surface area contributed by atoms with Gasteiger partial charge in [0.2, 0.25) is 0 Å². The molecule has 0 unspecified atom stereocenters. The average molecular weight is 377 g/mol. The van der Waals surface area contributed by atoms with Gasteiger partial charge in [0.05, 0.1) is 0 Å². The fourth-order valence-corrected chi connectivity index (χ4v) is 3.81. The van der Waals surface area contributed by atoms with Crippen LogP contribution in [0.3, 0.4) is 0 Å². The summed E-state index contributed by atoms with van der Waals surface area (Å²) in [6.07, 6.45) is 3.15. The molecule has 2 N–H and O–H groups in total. The zero-order chi connectivity index (χ0) is 19.5. The van der Waals surface area contributed by atoms with Crippen LogP contribution in [0.5, 0.6) is 0 Å². The highest BCUT2D eigenvalue weighted by atomic mass is 16.2. The van der Waals surface area contributed by atoms with Crippen LogP contribution in [0.25, 0.3) is 10.9 Å². The molecule has 2 amide bonds. The van der Waals surface area contributed by atoms with E-state index in [9.17, 15) is 4.79 Å². The molecular formula is C23H28N4O. The third kappa shape index (κ3) is 4.04. The molecule has 5 heteroatoms. The van der Waals surface area contributed by atoms with Crippen molar-refractivity contribution < 1.29 is 4.79 Å². The third-order valence-electron chi connectivity index (χ3n) is 5.79. The summed E-state index contributed by atoms with van der Waals surface area (Å²) in [6.45, 7) is 8.54. The number of amides is 2. The van der Waals surface area contributed by atoms with Crippen LogP contribution in [0.15, 0.2) is 48.7 Å². The number of carbonyl (C=O) groups excluding carboxylic acids is 1. The lowest BCUT2D eigenvalue weighted by atomic mass is 10.1. The number of carbonyl (C=O) groups is 1. The predicted octanol–water partition coefficient (Wildman–Crippen LogP) is 4.18. The summed E-state index contributed by atoms with van der Waals surface area (Å²) >= 11 is 0. The van der Waals surface area contributed by atoms with Gasteiger partial charge in [0.15, 0.2) is 0 Å². The van der Waals surface area contributed by atoms with Crippen molar-refractivity contribution in [3.63, 3.8) is 0 Å². The lowest BCUT2D eigenvalue weighted by molar-refractivity contribution is 0.148. The van der Waals surface area contributed by atoms with E-state index in [-0.39, 0.29) is 6.03 Å². The van der Waals surface area contributed by atoms with Gasteiger partial charge < -0.3 is 15.2 Å². The fourth-order valence-electron chi connectivity index (χ4n) is 3.81. The summed E-state index contributed by atoms with van der Waals surface area (Å²) in [4.78, 5) is 20.3. The van der Waals surface area contributed by atoms with E-state index in [0.717, 1.165) is 44.8 Å². The van der Waals surface area contributed by atoms with Crippen LogP contribution in [0.1, 0.15) is 16.7 Å². The Morgan fingerprint density at radius 3 is 2.61 bits per heavy atom. The normalized spacial score (nSPS) is 15.1. The maximum atomic E-state index is 12.6. The third-order valence-corrected chi connectivity index (χ3v) is 5.79. The first-order chi connectivity index (χ1) is 13.6. The van der Waals surface area contributed by atoms with Crippen molar-refractivity contribution in [1.82, 2.24) is 14.8 Å². The molecule has 3 aromatic rings. The number of piperazine rings is 1. The predicted molar refractivity (Wildman–Crippen MR) is 115 cm³/mol. The number of fused-ring (bicyclic) bond motifs is 1. The Hall–Kier alpha value is -2.79. The number of H-pyrrole nitrogens is 1. The van der Waals surface area contributed by atoms with Gasteiger partial charge in [-0.1, -0.05) is 24.3 Å². The van der Waals surface area contributed by atoms with Gasteiger partial charge in [-0.25, -0.2) is 4.79 Å². The Morgan fingerprint density at radius 2 is 1.82 bits per heavy atom. The number of para-hydroxylation sites is 1. The van der Waals surface area contributed by atoms with Crippen molar-refractivity contribution in [2.24, 2.45) is 0 Å². The molecule has 1 saturated heterocycles. The van der Waals surface area contributed by atoms with Gasteiger partial charge in [0.25, 0.3) is 0 Å². The molecule has 0 aliphatic carbocycles. The van der Waals surface area contributed by atoms with Gasteiger partial charge in [-0.05, 0) is 55.2 Å². The summed E-state index contributed by atoms with van der Waals surface area (Å²) in [5.41, 5.74) is 5.87. The molecule has 1 fully saturated rings. The van der Waals surface area contributed by atoms with Gasteiger partial charge in [-0.3, -0.25) is 4.90 Å². The highest BCUT2D eigenvalue weighted by Crippen LogP contribution is 2.19. The minimum absolute atomic E-state index is 0.000434. The number of anilines is 1. The Balaban J connectivity index is 1.27. The summed E-state index contributed by atoms with van der Waals surface area (Å²) in [5.74, 6) is 0. The number of aromatic amines is 1. The molecule has 1 aliphatic heterocycles. The molecule has 1 aromatic heterocycles. The molecule has 2 heterocycles. The summed E-state index contributed by atoms with van der Waals surface area (Å²) in [6, 6.07) is 14.5. The monoisotopic (exact) mass is 376 g/mol. The van der Waals surface area contributed by atoms with Crippen LogP contribution < -0.4 is 5.32 Å². The van der Waals surface area contributed by atoms with Crippen LogP contribution in [0.4, 0.5) is 10.5 Å². The van der Waals surface area contributed by atoms with Crippen molar-refractivity contribution in [3.8, 4) is 0 Å². The lowest BCUT2D eigenvalue weighted by Crippen LogP contribution is -2.50. The summed E-state index contributed by atoms with van der Waals surface area (Å²) in [7, 11) is 0. The number of nitrogens with one attached hydrogen (secondary N) is 2. The topological polar surface area (TPSA) is 51.4 Å². The molecule has 4 rings (SSSR count). The van der Waals surface area contributed by atoms with E-state index in [0.29, 0.717) is 0 Å². The highest BCUT2D eigenvalue weighted by Gasteiger charge is 2.21. The van der Waals surface area contributed by atoms with E-state index in [1.807, 2.05) is 23.1 Å². The minimum Gasteiger partial charge on any atom is -0.361 e. The van der Waals surface area contributed by atoms with Crippen molar-refractivity contribution in [2.45, 2.75) is 20.3 Å². The number of aryl methyl sites for hydroxylation is 2. The molecular weight excluding hydrogens is 348 g/mol. The molecule has 2 aromatic carbocycles. The number of hydrogen-bond donors (Lipinski definition) is 2.